The zero-order chi connectivity index (χ0) is 16.0. The molecule has 0 radical (unpaired) electrons. The van der Waals surface area contributed by atoms with E-state index in [0.717, 1.165) is 0 Å². The number of carboxylic acid groups (broad SMARTS) is 1. The van der Waals surface area contributed by atoms with Crippen molar-refractivity contribution >= 4 is 23.0 Å². The molecule has 4 heterocycles. The molecule has 2 aliphatic heterocycles. The second-order valence-electron chi connectivity index (χ2n) is 5.50. The molecule has 1 amide bonds. The Hall–Kier alpha value is -2.97. The van der Waals surface area contributed by atoms with Crippen molar-refractivity contribution in [1.29, 1.82) is 0 Å². The van der Waals surface area contributed by atoms with Gasteiger partial charge in [0.25, 0.3) is 0 Å². The molecule has 0 aromatic carbocycles. The first-order chi connectivity index (χ1) is 11.2. The molecular formula is C14H14N6O3. The van der Waals surface area contributed by atoms with Gasteiger partial charge in [-0.05, 0) is 6.42 Å². The fourth-order valence-electron chi connectivity index (χ4n) is 3.20. The summed E-state index contributed by atoms with van der Waals surface area (Å²) in [5.41, 5.74) is 1.24. The minimum atomic E-state index is -0.972. The Balaban J connectivity index is 1.73. The number of carboxylic acids is 1. The number of imidazole rings is 1. The van der Waals surface area contributed by atoms with E-state index in [1.165, 1.54) is 11.2 Å². The Kier molecular flexibility index (Phi) is 3.00. The van der Waals surface area contributed by atoms with E-state index in [4.69, 9.17) is 0 Å². The molecule has 1 N–H and O–H groups in total. The molecular weight excluding hydrogens is 300 g/mol. The standard InChI is InChI=1S/C14H14N6O3/c21-12-4-3-10(14(22)23)20(12)11-2-1-5-18(11)19-8-17-9-6-15-7-16-13(9)19/h1,5-8,10-11H,2-4H2,(H,22,23). The SMILES string of the molecule is O=C(O)C1CCC(=O)N1C1CC=CN1n1cnc2cncnc21. The summed E-state index contributed by atoms with van der Waals surface area (Å²) in [7, 11) is 0. The van der Waals surface area contributed by atoms with Crippen molar-refractivity contribution in [2.24, 2.45) is 0 Å². The van der Waals surface area contributed by atoms with Crippen LogP contribution in [0.15, 0.2) is 31.1 Å². The van der Waals surface area contributed by atoms with E-state index in [1.807, 2.05) is 12.3 Å². The van der Waals surface area contributed by atoms with Gasteiger partial charge in [0.2, 0.25) is 5.91 Å². The van der Waals surface area contributed by atoms with Crippen molar-refractivity contribution in [2.75, 3.05) is 5.01 Å². The summed E-state index contributed by atoms with van der Waals surface area (Å²) in [5.74, 6) is -1.12. The summed E-state index contributed by atoms with van der Waals surface area (Å²) in [4.78, 5) is 37.5. The third-order valence-corrected chi connectivity index (χ3v) is 4.22. The van der Waals surface area contributed by atoms with Crippen molar-refractivity contribution in [3.63, 3.8) is 0 Å². The number of aliphatic carboxylic acids is 1. The van der Waals surface area contributed by atoms with Crippen LogP contribution in [0.2, 0.25) is 0 Å². The van der Waals surface area contributed by atoms with Crippen molar-refractivity contribution in [2.45, 2.75) is 31.5 Å². The predicted molar refractivity (Wildman–Crippen MR) is 78.6 cm³/mol. The molecule has 2 aromatic rings. The van der Waals surface area contributed by atoms with Crippen molar-refractivity contribution in [1.82, 2.24) is 24.5 Å². The zero-order valence-corrected chi connectivity index (χ0v) is 12.1. The van der Waals surface area contributed by atoms with Crippen molar-refractivity contribution < 1.29 is 14.7 Å². The number of carbonyl (C=O) groups excluding carboxylic acids is 1. The lowest BCUT2D eigenvalue weighted by molar-refractivity contribution is -0.147. The van der Waals surface area contributed by atoms with Gasteiger partial charge in [0, 0.05) is 19.0 Å². The maximum atomic E-state index is 12.2. The average Bonchev–Trinajstić information content (AvgIpc) is 3.23. The molecule has 2 aromatic heterocycles. The summed E-state index contributed by atoms with van der Waals surface area (Å²) < 4.78 is 1.72. The Morgan fingerprint density at radius 3 is 3.04 bits per heavy atom. The van der Waals surface area contributed by atoms with E-state index in [1.54, 1.807) is 22.2 Å². The van der Waals surface area contributed by atoms with E-state index in [9.17, 15) is 14.7 Å². The maximum absolute atomic E-state index is 12.2. The van der Waals surface area contributed by atoms with Gasteiger partial charge in [-0.25, -0.2) is 24.4 Å². The van der Waals surface area contributed by atoms with Gasteiger partial charge in [-0.15, -0.1) is 0 Å². The van der Waals surface area contributed by atoms with Crippen LogP contribution in [0.25, 0.3) is 11.2 Å². The number of fused-ring (bicyclic) bond motifs is 1. The largest absolute Gasteiger partial charge is 0.480 e. The fourth-order valence-corrected chi connectivity index (χ4v) is 3.20. The third-order valence-electron chi connectivity index (χ3n) is 4.22. The van der Waals surface area contributed by atoms with E-state index in [0.29, 0.717) is 24.0 Å². The van der Waals surface area contributed by atoms with Crippen LogP contribution in [0, 0.1) is 0 Å². The van der Waals surface area contributed by atoms with E-state index in [2.05, 4.69) is 15.0 Å². The summed E-state index contributed by atoms with van der Waals surface area (Å²) in [6, 6.07) is -0.792. The molecule has 118 valence electrons. The molecule has 2 aliphatic rings. The van der Waals surface area contributed by atoms with Crippen LogP contribution in [-0.4, -0.2) is 53.7 Å². The maximum Gasteiger partial charge on any atom is 0.326 e. The predicted octanol–water partition coefficient (Wildman–Crippen LogP) is 0.0834. The summed E-state index contributed by atoms with van der Waals surface area (Å²) >= 11 is 0. The summed E-state index contributed by atoms with van der Waals surface area (Å²) in [6.45, 7) is 0. The molecule has 0 saturated carbocycles. The van der Waals surface area contributed by atoms with E-state index in [-0.39, 0.29) is 12.3 Å². The Labute approximate surface area is 130 Å². The topological polar surface area (TPSA) is 104 Å². The van der Waals surface area contributed by atoms with Crippen LogP contribution in [0.3, 0.4) is 0 Å². The van der Waals surface area contributed by atoms with Crippen molar-refractivity contribution in [3.05, 3.63) is 31.1 Å². The Morgan fingerprint density at radius 1 is 1.35 bits per heavy atom. The molecule has 9 heteroatoms. The first-order valence-corrected chi connectivity index (χ1v) is 7.29. The van der Waals surface area contributed by atoms with Gasteiger partial charge >= 0.3 is 5.97 Å². The molecule has 23 heavy (non-hydrogen) atoms. The van der Waals surface area contributed by atoms with Crippen LogP contribution in [0.5, 0.6) is 0 Å². The lowest BCUT2D eigenvalue weighted by Crippen LogP contribution is -2.53. The molecule has 4 rings (SSSR count). The normalized spacial score (nSPS) is 24.1. The molecule has 0 spiro atoms. The van der Waals surface area contributed by atoms with Crippen LogP contribution >= 0.6 is 0 Å². The van der Waals surface area contributed by atoms with Crippen LogP contribution in [-0.2, 0) is 9.59 Å². The van der Waals surface area contributed by atoms with Gasteiger partial charge in [0.15, 0.2) is 5.65 Å². The van der Waals surface area contributed by atoms with Gasteiger partial charge in [0.1, 0.15) is 30.4 Å². The summed E-state index contributed by atoms with van der Waals surface area (Å²) in [5, 5.41) is 11.2. The number of likely N-dealkylation sites (tertiary alicyclic amines) is 1. The summed E-state index contributed by atoms with van der Waals surface area (Å²) in [6.07, 6.45) is 9.11. The molecule has 0 aliphatic carbocycles. The number of hydrogen-bond donors (Lipinski definition) is 1. The Morgan fingerprint density at radius 2 is 2.22 bits per heavy atom. The number of rotatable bonds is 3. The average molecular weight is 314 g/mol. The highest BCUT2D eigenvalue weighted by Gasteiger charge is 2.43. The zero-order valence-electron chi connectivity index (χ0n) is 12.1. The fraction of sp³-hybridized carbons (Fsp3) is 0.357. The first-order valence-electron chi connectivity index (χ1n) is 7.29. The number of hydrogen-bond acceptors (Lipinski definition) is 6. The molecule has 1 saturated heterocycles. The van der Waals surface area contributed by atoms with Crippen LogP contribution in [0.4, 0.5) is 0 Å². The monoisotopic (exact) mass is 314 g/mol. The van der Waals surface area contributed by atoms with Gasteiger partial charge in [-0.3, -0.25) is 9.80 Å². The van der Waals surface area contributed by atoms with Crippen molar-refractivity contribution in [3.8, 4) is 0 Å². The van der Waals surface area contributed by atoms with Gasteiger partial charge in [-0.2, -0.15) is 0 Å². The van der Waals surface area contributed by atoms with E-state index >= 15 is 0 Å². The highest BCUT2D eigenvalue weighted by molar-refractivity contribution is 5.88. The van der Waals surface area contributed by atoms with Gasteiger partial charge in [-0.1, -0.05) is 6.08 Å². The van der Waals surface area contributed by atoms with Gasteiger partial charge < -0.3 is 10.0 Å². The highest BCUT2D eigenvalue weighted by Crippen LogP contribution is 2.28. The van der Waals surface area contributed by atoms with E-state index < -0.39 is 18.2 Å². The second-order valence-corrected chi connectivity index (χ2v) is 5.50. The minimum absolute atomic E-state index is 0.143. The Bertz CT molecular complexity index is 816. The highest BCUT2D eigenvalue weighted by atomic mass is 16.4. The number of amides is 1. The smallest absolute Gasteiger partial charge is 0.326 e. The lowest BCUT2D eigenvalue weighted by Gasteiger charge is -2.35. The lowest BCUT2D eigenvalue weighted by atomic mass is 10.2. The quantitative estimate of drug-likeness (QED) is 0.855. The van der Waals surface area contributed by atoms with Crippen LogP contribution in [0.1, 0.15) is 19.3 Å². The molecule has 1 fully saturated rings. The second kappa shape index (κ2) is 5.04. The van der Waals surface area contributed by atoms with Gasteiger partial charge in [0.05, 0.1) is 6.20 Å². The minimum Gasteiger partial charge on any atom is -0.480 e. The number of carbonyl (C=O) groups is 2. The third kappa shape index (κ3) is 2.04. The molecule has 9 nitrogen and oxygen atoms in total. The van der Waals surface area contributed by atoms with Crippen LogP contribution < -0.4 is 5.01 Å². The molecule has 2 unspecified atom stereocenters. The molecule has 0 bridgehead atoms. The number of aromatic nitrogens is 4. The number of nitrogens with zero attached hydrogens (tertiary/aromatic N) is 6. The first kappa shape index (κ1) is 13.7. The molecule has 2 atom stereocenters.